The maximum absolute atomic E-state index is 5.71. The Morgan fingerprint density at radius 3 is 2.80 bits per heavy atom. The van der Waals surface area contributed by atoms with Crippen molar-refractivity contribution < 1.29 is 0 Å². The summed E-state index contributed by atoms with van der Waals surface area (Å²) in [4.78, 5) is 8.12. The minimum absolute atomic E-state index is 0.539. The van der Waals surface area contributed by atoms with E-state index in [0.717, 1.165) is 13.0 Å². The summed E-state index contributed by atoms with van der Waals surface area (Å²) in [5, 5.41) is 0.539. The molecule has 2 heterocycles. The van der Waals surface area contributed by atoms with Gasteiger partial charge in [0.25, 0.3) is 0 Å². The zero-order valence-corrected chi connectivity index (χ0v) is 9.28. The molecule has 78 valence electrons. The highest BCUT2D eigenvalue weighted by molar-refractivity contribution is 6.29. The average molecular weight is 222 g/mol. The lowest BCUT2D eigenvalue weighted by atomic mass is 10.2. The van der Waals surface area contributed by atoms with Gasteiger partial charge in [0.2, 0.25) is 0 Å². The summed E-state index contributed by atoms with van der Waals surface area (Å²) in [5.74, 6) is 0. The first-order valence-electron chi connectivity index (χ1n) is 4.83. The van der Waals surface area contributed by atoms with E-state index in [1.165, 1.54) is 11.3 Å². The van der Waals surface area contributed by atoms with Gasteiger partial charge in [-0.2, -0.15) is 0 Å². The predicted octanol–water partition coefficient (Wildman–Crippen LogP) is 2.48. The lowest BCUT2D eigenvalue weighted by molar-refractivity contribution is 0.676. The van der Waals surface area contributed by atoms with Crippen LogP contribution in [0, 0.1) is 6.92 Å². The molecule has 0 amide bonds. The molecule has 0 saturated heterocycles. The number of pyridine rings is 1. The maximum atomic E-state index is 5.71. The van der Waals surface area contributed by atoms with Crippen LogP contribution in [-0.2, 0) is 13.0 Å². The van der Waals surface area contributed by atoms with E-state index in [2.05, 4.69) is 14.5 Å². The number of imidazole rings is 1. The molecule has 4 heteroatoms. The number of aromatic nitrogens is 3. The molecule has 0 aliphatic rings. The van der Waals surface area contributed by atoms with Crippen molar-refractivity contribution in [2.75, 3.05) is 0 Å². The first kappa shape index (κ1) is 10.2. The number of hydrogen-bond acceptors (Lipinski definition) is 2. The highest BCUT2D eigenvalue weighted by Gasteiger charge is 1.98. The van der Waals surface area contributed by atoms with Gasteiger partial charge in [-0.15, -0.1) is 0 Å². The normalized spacial score (nSPS) is 10.5. The average Bonchev–Trinajstić information content (AvgIpc) is 2.63. The molecule has 0 fully saturated rings. The molecular formula is C11H12ClN3. The van der Waals surface area contributed by atoms with E-state index in [4.69, 9.17) is 11.6 Å². The van der Waals surface area contributed by atoms with Gasteiger partial charge in [-0.1, -0.05) is 17.7 Å². The quantitative estimate of drug-likeness (QED) is 0.746. The van der Waals surface area contributed by atoms with Crippen LogP contribution in [0.2, 0.25) is 5.15 Å². The number of nitrogens with zero attached hydrogens (tertiary/aromatic N) is 3. The van der Waals surface area contributed by atoms with Crippen molar-refractivity contribution in [3.8, 4) is 0 Å². The van der Waals surface area contributed by atoms with Crippen LogP contribution >= 0.6 is 11.6 Å². The third-order valence-electron chi connectivity index (χ3n) is 2.35. The fourth-order valence-corrected chi connectivity index (χ4v) is 1.54. The van der Waals surface area contributed by atoms with Crippen molar-refractivity contribution in [3.05, 3.63) is 47.3 Å². The Hall–Kier alpha value is -1.35. The Labute approximate surface area is 93.7 Å². The van der Waals surface area contributed by atoms with Crippen LogP contribution in [0.3, 0.4) is 0 Å². The molecule has 0 unspecified atom stereocenters. The first-order valence-corrected chi connectivity index (χ1v) is 5.20. The minimum Gasteiger partial charge on any atom is -0.335 e. The topological polar surface area (TPSA) is 30.7 Å². The molecule has 0 aliphatic carbocycles. The van der Waals surface area contributed by atoms with Crippen molar-refractivity contribution in [2.45, 2.75) is 19.9 Å². The van der Waals surface area contributed by atoms with Gasteiger partial charge in [0, 0.05) is 24.6 Å². The Morgan fingerprint density at radius 2 is 2.20 bits per heavy atom. The van der Waals surface area contributed by atoms with Gasteiger partial charge in [0.1, 0.15) is 5.15 Å². The lowest BCUT2D eigenvalue weighted by Crippen LogP contribution is -2.01. The Morgan fingerprint density at radius 1 is 1.33 bits per heavy atom. The zero-order chi connectivity index (χ0) is 10.7. The summed E-state index contributed by atoms with van der Waals surface area (Å²) in [5.41, 5.74) is 2.37. The molecular weight excluding hydrogens is 210 g/mol. The van der Waals surface area contributed by atoms with E-state index >= 15 is 0 Å². The molecule has 0 saturated carbocycles. The summed E-state index contributed by atoms with van der Waals surface area (Å²) in [6, 6.07) is 3.82. The predicted molar refractivity (Wildman–Crippen MR) is 59.9 cm³/mol. The van der Waals surface area contributed by atoms with Gasteiger partial charge in [0.05, 0.1) is 6.33 Å². The second-order valence-electron chi connectivity index (χ2n) is 3.47. The highest BCUT2D eigenvalue weighted by atomic mass is 35.5. The van der Waals surface area contributed by atoms with E-state index < -0.39 is 0 Å². The molecule has 2 aromatic rings. The fourth-order valence-electron chi connectivity index (χ4n) is 1.42. The summed E-state index contributed by atoms with van der Waals surface area (Å²) in [7, 11) is 0. The van der Waals surface area contributed by atoms with Gasteiger partial charge >= 0.3 is 0 Å². The first-order chi connectivity index (χ1) is 7.25. The van der Waals surface area contributed by atoms with E-state index in [1.807, 2.05) is 37.8 Å². The van der Waals surface area contributed by atoms with Crippen LogP contribution in [0.4, 0.5) is 0 Å². The fraction of sp³-hybridized carbons (Fsp3) is 0.273. The van der Waals surface area contributed by atoms with Crippen LogP contribution in [0.1, 0.15) is 11.3 Å². The molecule has 0 aromatic carbocycles. The smallest absolute Gasteiger partial charge is 0.129 e. The molecule has 3 nitrogen and oxygen atoms in total. The van der Waals surface area contributed by atoms with Crippen LogP contribution in [0.25, 0.3) is 0 Å². The van der Waals surface area contributed by atoms with E-state index in [0.29, 0.717) is 5.15 Å². The van der Waals surface area contributed by atoms with Crippen molar-refractivity contribution in [1.82, 2.24) is 14.5 Å². The summed E-state index contributed by atoms with van der Waals surface area (Å²) in [6.07, 6.45) is 6.47. The Balaban J connectivity index is 1.99. The van der Waals surface area contributed by atoms with Gasteiger partial charge < -0.3 is 4.57 Å². The summed E-state index contributed by atoms with van der Waals surface area (Å²) >= 11 is 5.71. The molecule has 15 heavy (non-hydrogen) atoms. The van der Waals surface area contributed by atoms with Gasteiger partial charge in [-0.05, 0) is 25.0 Å². The molecule has 2 aromatic heterocycles. The summed E-state index contributed by atoms with van der Waals surface area (Å²) in [6.45, 7) is 2.97. The third-order valence-corrected chi connectivity index (χ3v) is 2.57. The highest BCUT2D eigenvalue weighted by Crippen LogP contribution is 2.07. The van der Waals surface area contributed by atoms with Crippen molar-refractivity contribution in [3.63, 3.8) is 0 Å². The second kappa shape index (κ2) is 4.45. The number of hydrogen-bond donors (Lipinski definition) is 0. The Bertz CT molecular complexity index is 433. The number of halogens is 1. The van der Waals surface area contributed by atoms with Crippen molar-refractivity contribution in [2.24, 2.45) is 0 Å². The van der Waals surface area contributed by atoms with Crippen LogP contribution in [0.15, 0.2) is 30.9 Å². The SMILES string of the molecule is Cc1cncn1CCc1ccc(Cl)nc1. The molecule has 0 spiro atoms. The van der Waals surface area contributed by atoms with Gasteiger partial charge in [-0.3, -0.25) is 0 Å². The van der Waals surface area contributed by atoms with E-state index in [9.17, 15) is 0 Å². The largest absolute Gasteiger partial charge is 0.335 e. The zero-order valence-electron chi connectivity index (χ0n) is 8.52. The molecule has 2 rings (SSSR count). The monoisotopic (exact) mass is 221 g/mol. The standard InChI is InChI=1S/C11H12ClN3/c1-9-6-13-8-15(9)5-4-10-2-3-11(12)14-7-10/h2-3,6-8H,4-5H2,1H3. The molecule has 0 N–H and O–H groups in total. The Kier molecular flexibility index (Phi) is 3.02. The van der Waals surface area contributed by atoms with E-state index in [1.54, 1.807) is 0 Å². The van der Waals surface area contributed by atoms with Gasteiger partial charge in [0.15, 0.2) is 0 Å². The minimum atomic E-state index is 0.539. The molecule has 0 bridgehead atoms. The second-order valence-corrected chi connectivity index (χ2v) is 3.85. The van der Waals surface area contributed by atoms with E-state index in [-0.39, 0.29) is 0 Å². The molecule has 0 atom stereocenters. The molecule has 0 aliphatic heterocycles. The molecule has 0 radical (unpaired) electrons. The maximum Gasteiger partial charge on any atom is 0.129 e. The van der Waals surface area contributed by atoms with Crippen LogP contribution < -0.4 is 0 Å². The number of rotatable bonds is 3. The number of aryl methyl sites for hydroxylation is 3. The van der Waals surface area contributed by atoms with Crippen LogP contribution in [-0.4, -0.2) is 14.5 Å². The lowest BCUT2D eigenvalue weighted by Gasteiger charge is -2.04. The van der Waals surface area contributed by atoms with Crippen LogP contribution in [0.5, 0.6) is 0 Å². The third kappa shape index (κ3) is 2.57. The van der Waals surface area contributed by atoms with Gasteiger partial charge in [-0.25, -0.2) is 9.97 Å². The summed E-state index contributed by atoms with van der Waals surface area (Å²) < 4.78 is 2.12. The van der Waals surface area contributed by atoms with Crippen molar-refractivity contribution >= 4 is 11.6 Å². The van der Waals surface area contributed by atoms with Crippen molar-refractivity contribution in [1.29, 1.82) is 0 Å².